The number of aromatic nitrogens is 5. The van der Waals surface area contributed by atoms with Crippen LogP contribution in [-0.2, 0) is 0 Å². The van der Waals surface area contributed by atoms with Gasteiger partial charge in [-0.2, -0.15) is 5.26 Å². The average molecular weight is 389 g/mol. The predicted molar refractivity (Wildman–Crippen MR) is 110 cm³/mol. The lowest BCUT2D eigenvalue weighted by Gasteiger charge is -2.23. The second-order valence-corrected chi connectivity index (χ2v) is 7.32. The van der Waals surface area contributed by atoms with Crippen molar-refractivity contribution in [3.63, 3.8) is 0 Å². The van der Waals surface area contributed by atoms with E-state index in [-0.39, 0.29) is 5.69 Å². The Morgan fingerprint density at radius 3 is 2.69 bits per heavy atom. The van der Waals surface area contributed by atoms with Gasteiger partial charge in [-0.15, -0.1) is 0 Å². The van der Waals surface area contributed by atoms with Gasteiger partial charge in [-0.1, -0.05) is 0 Å². The first-order valence-corrected chi connectivity index (χ1v) is 9.46. The van der Waals surface area contributed by atoms with Crippen LogP contribution in [0, 0.1) is 18.3 Å². The third-order valence-electron chi connectivity index (χ3n) is 5.15. The maximum absolute atomic E-state index is 8.80. The van der Waals surface area contributed by atoms with E-state index < -0.39 is 0 Å². The van der Waals surface area contributed by atoms with E-state index in [9.17, 15) is 0 Å². The molecular weight excluding hydrogens is 366 g/mol. The van der Waals surface area contributed by atoms with Crippen molar-refractivity contribution in [2.24, 2.45) is 0 Å². The summed E-state index contributed by atoms with van der Waals surface area (Å²) in [5.41, 5.74) is 2.46. The SMILES string of the molecule is Cc1nc(-n2cnc(Nc3cnc(C#N)cn3)c2)ccc1N1CCC(N(C)C)C1. The molecule has 0 aliphatic carbocycles. The number of aryl methyl sites for hydroxylation is 1. The van der Waals surface area contributed by atoms with Crippen LogP contribution in [-0.4, -0.2) is 62.6 Å². The molecule has 1 N–H and O–H groups in total. The molecule has 9 heteroatoms. The van der Waals surface area contributed by atoms with Gasteiger partial charge in [0, 0.05) is 19.1 Å². The molecule has 1 aliphatic heterocycles. The Hall–Kier alpha value is -3.51. The lowest BCUT2D eigenvalue weighted by Crippen LogP contribution is -2.31. The third kappa shape index (κ3) is 4.02. The van der Waals surface area contributed by atoms with Gasteiger partial charge in [0.05, 0.1) is 30.0 Å². The van der Waals surface area contributed by atoms with E-state index in [4.69, 9.17) is 10.2 Å². The number of hydrogen-bond acceptors (Lipinski definition) is 8. The minimum atomic E-state index is 0.274. The number of imidazole rings is 1. The third-order valence-corrected chi connectivity index (χ3v) is 5.15. The fraction of sp³-hybridized carbons (Fsp3) is 0.350. The molecule has 0 spiro atoms. The molecule has 0 aromatic carbocycles. The first-order chi connectivity index (χ1) is 14.0. The maximum atomic E-state index is 8.80. The van der Waals surface area contributed by atoms with Crippen LogP contribution in [0.2, 0.25) is 0 Å². The highest BCUT2D eigenvalue weighted by atomic mass is 15.2. The number of nitriles is 1. The molecule has 3 aromatic rings. The summed E-state index contributed by atoms with van der Waals surface area (Å²) in [7, 11) is 4.27. The Morgan fingerprint density at radius 1 is 1.17 bits per heavy atom. The molecule has 4 heterocycles. The smallest absolute Gasteiger partial charge is 0.158 e. The number of nitrogens with one attached hydrogen (secondary N) is 1. The van der Waals surface area contributed by atoms with Gasteiger partial charge in [-0.3, -0.25) is 4.57 Å². The monoisotopic (exact) mass is 389 g/mol. The van der Waals surface area contributed by atoms with Crippen LogP contribution in [0.25, 0.3) is 5.82 Å². The Balaban J connectivity index is 1.48. The highest BCUT2D eigenvalue weighted by Crippen LogP contribution is 2.26. The number of hydrogen-bond donors (Lipinski definition) is 1. The van der Waals surface area contributed by atoms with Crippen LogP contribution in [0.3, 0.4) is 0 Å². The molecule has 0 bridgehead atoms. The standard InChI is InChI=1S/C20H23N9/c1-14-17(28-7-6-16(11-28)27(2)3)4-5-20(25-14)29-12-19(24-13-29)26-18-10-22-15(8-21)9-23-18/h4-5,9-10,12-13,16H,6-7,11H2,1-3H3,(H,23,26). The molecule has 1 fully saturated rings. The lowest BCUT2D eigenvalue weighted by molar-refractivity contribution is 0.315. The Morgan fingerprint density at radius 2 is 2.03 bits per heavy atom. The maximum Gasteiger partial charge on any atom is 0.158 e. The highest BCUT2D eigenvalue weighted by molar-refractivity contribution is 5.54. The van der Waals surface area contributed by atoms with Gasteiger partial charge in [0.1, 0.15) is 29.9 Å². The lowest BCUT2D eigenvalue weighted by atomic mass is 10.2. The first kappa shape index (κ1) is 18.8. The molecule has 0 saturated carbocycles. The molecule has 4 rings (SSSR count). The van der Waals surface area contributed by atoms with Crippen LogP contribution in [0.5, 0.6) is 0 Å². The van der Waals surface area contributed by atoms with E-state index in [1.807, 2.05) is 29.8 Å². The zero-order chi connectivity index (χ0) is 20.4. The predicted octanol–water partition coefficient (Wildman–Crippen LogP) is 2.12. The zero-order valence-electron chi connectivity index (χ0n) is 16.7. The van der Waals surface area contributed by atoms with E-state index >= 15 is 0 Å². The van der Waals surface area contributed by atoms with Crippen molar-refractivity contribution in [2.75, 3.05) is 37.4 Å². The molecule has 148 valence electrons. The largest absolute Gasteiger partial charge is 0.368 e. The van der Waals surface area contributed by atoms with Gasteiger partial charge in [-0.05, 0) is 39.6 Å². The van der Waals surface area contributed by atoms with Crippen LogP contribution in [0.15, 0.2) is 37.1 Å². The van der Waals surface area contributed by atoms with Gasteiger partial charge in [-0.25, -0.2) is 19.9 Å². The summed E-state index contributed by atoms with van der Waals surface area (Å²) in [5.74, 6) is 1.96. The van der Waals surface area contributed by atoms with Gasteiger partial charge < -0.3 is 15.1 Å². The summed E-state index contributed by atoms with van der Waals surface area (Å²) in [4.78, 5) is 22.0. The van der Waals surface area contributed by atoms with Crippen molar-refractivity contribution in [3.05, 3.63) is 48.4 Å². The van der Waals surface area contributed by atoms with E-state index in [1.54, 1.807) is 6.33 Å². The molecule has 29 heavy (non-hydrogen) atoms. The van der Waals surface area contributed by atoms with Crippen LogP contribution in [0.4, 0.5) is 17.3 Å². The average Bonchev–Trinajstić information content (AvgIpc) is 3.38. The van der Waals surface area contributed by atoms with E-state index in [0.717, 1.165) is 24.6 Å². The summed E-state index contributed by atoms with van der Waals surface area (Å²) < 4.78 is 1.86. The zero-order valence-corrected chi connectivity index (χ0v) is 16.7. The summed E-state index contributed by atoms with van der Waals surface area (Å²) in [6, 6.07) is 6.68. The molecule has 1 saturated heterocycles. The van der Waals surface area contributed by atoms with Crippen molar-refractivity contribution in [1.82, 2.24) is 29.4 Å². The van der Waals surface area contributed by atoms with Crippen molar-refractivity contribution in [3.8, 4) is 11.9 Å². The number of likely N-dealkylation sites (N-methyl/N-ethyl adjacent to an activating group) is 1. The fourth-order valence-electron chi connectivity index (χ4n) is 3.49. The van der Waals surface area contributed by atoms with Gasteiger partial charge in [0.25, 0.3) is 0 Å². The minimum absolute atomic E-state index is 0.274. The summed E-state index contributed by atoms with van der Waals surface area (Å²) >= 11 is 0. The van der Waals surface area contributed by atoms with Crippen LogP contribution >= 0.6 is 0 Å². The molecule has 9 nitrogen and oxygen atoms in total. The van der Waals surface area contributed by atoms with E-state index in [1.165, 1.54) is 24.5 Å². The number of pyridine rings is 1. The molecule has 1 aliphatic rings. The van der Waals surface area contributed by atoms with Crippen LogP contribution < -0.4 is 10.2 Å². The first-order valence-electron chi connectivity index (χ1n) is 9.46. The Bertz CT molecular complexity index is 1030. The second kappa shape index (κ2) is 7.85. The van der Waals surface area contributed by atoms with Gasteiger partial charge in [0.15, 0.2) is 5.69 Å². The topological polar surface area (TPSA) is 98.8 Å². The van der Waals surface area contributed by atoms with Crippen molar-refractivity contribution >= 4 is 17.3 Å². The summed E-state index contributed by atoms with van der Waals surface area (Å²) in [6.45, 7) is 4.12. The molecule has 1 atom stereocenters. The van der Waals surface area contributed by atoms with Crippen LogP contribution in [0.1, 0.15) is 17.8 Å². The minimum Gasteiger partial charge on any atom is -0.368 e. The normalized spacial score (nSPS) is 16.2. The fourth-order valence-corrected chi connectivity index (χ4v) is 3.49. The molecule has 3 aromatic heterocycles. The van der Waals surface area contributed by atoms with E-state index in [2.05, 4.69) is 50.2 Å². The number of anilines is 3. The molecule has 1 unspecified atom stereocenters. The highest BCUT2D eigenvalue weighted by Gasteiger charge is 2.25. The van der Waals surface area contributed by atoms with Crippen molar-refractivity contribution in [1.29, 1.82) is 5.26 Å². The summed E-state index contributed by atoms with van der Waals surface area (Å²) in [6.07, 6.45) is 7.65. The van der Waals surface area contributed by atoms with Crippen molar-refractivity contribution in [2.45, 2.75) is 19.4 Å². The van der Waals surface area contributed by atoms with E-state index in [0.29, 0.717) is 17.7 Å². The second-order valence-electron chi connectivity index (χ2n) is 7.32. The molecule has 0 radical (unpaired) electrons. The Labute approximate surface area is 169 Å². The summed E-state index contributed by atoms with van der Waals surface area (Å²) in [5, 5.41) is 11.9. The quantitative estimate of drug-likeness (QED) is 0.708. The van der Waals surface area contributed by atoms with Crippen molar-refractivity contribution < 1.29 is 0 Å². The molecular formula is C20H23N9. The Kier molecular flexibility index (Phi) is 5.10. The molecule has 0 amide bonds. The number of nitrogens with zero attached hydrogens (tertiary/aromatic N) is 8. The van der Waals surface area contributed by atoms with Gasteiger partial charge >= 0.3 is 0 Å². The van der Waals surface area contributed by atoms with Gasteiger partial charge in [0.2, 0.25) is 0 Å². The number of rotatable bonds is 5.